The number of rotatable bonds is 7. The zero-order chi connectivity index (χ0) is 15.2. The van der Waals surface area contributed by atoms with Crippen LogP contribution in [0.3, 0.4) is 0 Å². The van der Waals surface area contributed by atoms with Crippen LogP contribution in [-0.2, 0) is 0 Å². The molecule has 0 saturated heterocycles. The van der Waals surface area contributed by atoms with Crippen LogP contribution in [0.5, 0.6) is 5.75 Å². The van der Waals surface area contributed by atoms with Crippen LogP contribution in [0.15, 0.2) is 40.9 Å². The molecule has 0 saturated carbocycles. The van der Waals surface area contributed by atoms with Gasteiger partial charge in [0.05, 0.1) is 4.47 Å². The molecule has 0 heterocycles. The van der Waals surface area contributed by atoms with Crippen LogP contribution in [0.4, 0.5) is 0 Å². The van der Waals surface area contributed by atoms with E-state index in [2.05, 4.69) is 78.4 Å². The number of halogens is 1. The summed E-state index contributed by atoms with van der Waals surface area (Å²) >= 11 is 3.70. The van der Waals surface area contributed by atoms with Crippen LogP contribution in [0, 0.1) is 0 Å². The molecule has 0 fully saturated rings. The van der Waals surface area contributed by atoms with Crippen molar-refractivity contribution in [3.05, 3.63) is 40.9 Å². The third-order valence-electron chi connectivity index (χ3n) is 3.49. The first-order valence-electron chi connectivity index (χ1n) is 7.69. The molecule has 0 aromatic heterocycles. The lowest BCUT2D eigenvalue weighted by Gasteiger charge is -2.22. The summed E-state index contributed by atoms with van der Waals surface area (Å²) in [6.45, 7) is 7.40. The van der Waals surface area contributed by atoms with E-state index >= 15 is 0 Å². The lowest BCUT2D eigenvalue weighted by Crippen LogP contribution is -2.35. The smallest absolute Gasteiger partial charge is 0.134 e. The van der Waals surface area contributed by atoms with E-state index in [4.69, 9.17) is 4.74 Å². The number of ether oxygens (including phenoxy) is 1. The van der Waals surface area contributed by atoms with Crippen LogP contribution in [0.25, 0.3) is 10.8 Å². The predicted octanol–water partition coefficient (Wildman–Crippen LogP) is 5.15. The fourth-order valence-electron chi connectivity index (χ4n) is 2.38. The molecule has 2 aromatic carbocycles. The van der Waals surface area contributed by atoms with Gasteiger partial charge in [0.1, 0.15) is 11.9 Å². The Hall–Kier alpha value is -1.06. The van der Waals surface area contributed by atoms with E-state index in [1.807, 2.05) is 0 Å². The van der Waals surface area contributed by atoms with Gasteiger partial charge in [0.2, 0.25) is 0 Å². The summed E-state index contributed by atoms with van der Waals surface area (Å²) in [7, 11) is 0. The predicted molar refractivity (Wildman–Crippen MR) is 94.1 cm³/mol. The number of hydrogen-bond donors (Lipinski definition) is 1. The first kappa shape index (κ1) is 16.3. The van der Waals surface area contributed by atoms with Gasteiger partial charge in [-0.15, -0.1) is 0 Å². The molecule has 1 unspecified atom stereocenters. The van der Waals surface area contributed by atoms with Gasteiger partial charge in [-0.1, -0.05) is 57.5 Å². The summed E-state index contributed by atoms with van der Waals surface area (Å²) in [5.41, 5.74) is 0. The van der Waals surface area contributed by atoms with Gasteiger partial charge in [0.25, 0.3) is 0 Å². The topological polar surface area (TPSA) is 21.3 Å². The van der Waals surface area contributed by atoms with Crippen molar-refractivity contribution in [2.24, 2.45) is 0 Å². The monoisotopic (exact) mass is 349 g/mol. The van der Waals surface area contributed by atoms with Crippen molar-refractivity contribution in [2.75, 3.05) is 6.54 Å². The Labute approximate surface area is 136 Å². The SMILES string of the molecule is CCCC(CNC(C)C)Oc1ccc2ccccc2c1Br. The van der Waals surface area contributed by atoms with E-state index in [1.165, 1.54) is 10.8 Å². The van der Waals surface area contributed by atoms with E-state index in [0.717, 1.165) is 29.6 Å². The normalized spacial score (nSPS) is 12.8. The molecule has 1 N–H and O–H groups in total. The molecule has 21 heavy (non-hydrogen) atoms. The van der Waals surface area contributed by atoms with E-state index < -0.39 is 0 Å². The largest absolute Gasteiger partial charge is 0.488 e. The third kappa shape index (κ3) is 4.45. The van der Waals surface area contributed by atoms with Crippen molar-refractivity contribution in [1.29, 1.82) is 0 Å². The Kier molecular flexibility index (Phi) is 6.07. The zero-order valence-corrected chi connectivity index (χ0v) is 14.6. The zero-order valence-electron chi connectivity index (χ0n) is 13.0. The minimum absolute atomic E-state index is 0.204. The molecule has 2 rings (SSSR count). The van der Waals surface area contributed by atoms with Crippen LogP contribution < -0.4 is 10.1 Å². The van der Waals surface area contributed by atoms with Crippen LogP contribution in [0.2, 0.25) is 0 Å². The Morgan fingerprint density at radius 3 is 2.62 bits per heavy atom. The van der Waals surface area contributed by atoms with Crippen molar-refractivity contribution in [2.45, 2.75) is 45.8 Å². The Bertz CT molecular complexity index is 582. The Balaban J connectivity index is 2.17. The quantitative estimate of drug-likeness (QED) is 0.746. The highest BCUT2D eigenvalue weighted by Crippen LogP contribution is 2.33. The second kappa shape index (κ2) is 7.81. The van der Waals surface area contributed by atoms with Gasteiger partial charge < -0.3 is 10.1 Å². The lowest BCUT2D eigenvalue weighted by molar-refractivity contribution is 0.182. The highest BCUT2D eigenvalue weighted by atomic mass is 79.9. The first-order chi connectivity index (χ1) is 10.1. The van der Waals surface area contributed by atoms with E-state index in [9.17, 15) is 0 Å². The molecule has 2 aromatic rings. The van der Waals surface area contributed by atoms with Gasteiger partial charge in [-0.25, -0.2) is 0 Å². The standard InChI is InChI=1S/C18H24BrNO/c1-4-7-15(12-20-13(2)3)21-17-11-10-14-8-5-6-9-16(14)18(17)19/h5-6,8-11,13,15,20H,4,7,12H2,1-3H3. The summed E-state index contributed by atoms with van der Waals surface area (Å²) in [5.74, 6) is 0.928. The van der Waals surface area contributed by atoms with Crippen molar-refractivity contribution < 1.29 is 4.74 Å². The van der Waals surface area contributed by atoms with E-state index in [0.29, 0.717) is 6.04 Å². The average Bonchev–Trinajstić information content (AvgIpc) is 2.48. The van der Waals surface area contributed by atoms with Gasteiger partial charge in [0.15, 0.2) is 0 Å². The first-order valence-corrected chi connectivity index (χ1v) is 8.48. The fraction of sp³-hybridized carbons (Fsp3) is 0.444. The van der Waals surface area contributed by atoms with Crippen LogP contribution >= 0.6 is 15.9 Å². The molecule has 0 radical (unpaired) electrons. The maximum Gasteiger partial charge on any atom is 0.134 e. The lowest BCUT2D eigenvalue weighted by atomic mass is 10.1. The van der Waals surface area contributed by atoms with E-state index in [1.54, 1.807) is 0 Å². The van der Waals surface area contributed by atoms with Crippen LogP contribution in [-0.4, -0.2) is 18.7 Å². The van der Waals surface area contributed by atoms with Gasteiger partial charge in [-0.2, -0.15) is 0 Å². The molecule has 0 amide bonds. The third-order valence-corrected chi connectivity index (χ3v) is 4.30. The maximum atomic E-state index is 6.23. The molecule has 1 atom stereocenters. The highest BCUT2D eigenvalue weighted by molar-refractivity contribution is 9.10. The molecule has 2 nitrogen and oxygen atoms in total. The fourth-order valence-corrected chi connectivity index (χ4v) is 2.96. The molecule has 0 aliphatic heterocycles. The van der Waals surface area contributed by atoms with E-state index in [-0.39, 0.29) is 6.10 Å². The Morgan fingerprint density at radius 2 is 1.90 bits per heavy atom. The summed E-state index contributed by atoms with van der Waals surface area (Å²) in [6, 6.07) is 13.0. The highest BCUT2D eigenvalue weighted by Gasteiger charge is 2.13. The van der Waals surface area contributed by atoms with Gasteiger partial charge in [-0.3, -0.25) is 0 Å². The van der Waals surface area contributed by atoms with Gasteiger partial charge in [0, 0.05) is 12.6 Å². The number of fused-ring (bicyclic) bond motifs is 1. The van der Waals surface area contributed by atoms with Crippen molar-refractivity contribution in [3.63, 3.8) is 0 Å². The van der Waals surface area contributed by atoms with Crippen molar-refractivity contribution in [1.82, 2.24) is 5.32 Å². The van der Waals surface area contributed by atoms with Crippen molar-refractivity contribution in [3.8, 4) is 5.75 Å². The minimum atomic E-state index is 0.204. The summed E-state index contributed by atoms with van der Waals surface area (Å²) in [5, 5.41) is 5.89. The molecule has 114 valence electrons. The minimum Gasteiger partial charge on any atom is -0.488 e. The maximum absolute atomic E-state index is 6.23. The second-order valence-electron chi connectivity index (χ2n) is 5.69. The average molecular weight is 350 g/mol. The van der Waals surface area contributed by atoms with Crippen LogP contribution in [0.1, 0.15) is 33.6 Å². The summed E-state index contributed by atoms with van der Waals surface area (Å²) in [4.78, 5) is 0. The summed E-state index contributed by atoms with van der Waals surface area (Å²) in [6.07, 6.45) is 2.38. The Morgan fingerprint density at radius 1 is 1.14 bits per heavy atom. The van der Waals surface area contributed by atoms with Gasteiger partial charge in [-0.05, 0) is 39.2 Å². The molecule has 0 aliphatic rings. The summed E-state index contributed by atoms with van der Waals surface area (Å²) < 4.78 is 7.28. The molecule has 0 aliphatic carbocycles. The second-order valence-corrected chi connectivity index (χ2v) is 6.48. The number of benzene rings is 2. The van der Waals surface area contributed by atoms with Crippen molar-refractivity contribution >= 4 is 26.7 Å². The number of nitrogens with one attached hydrogen (secondary N) is 1. The molecular formula is C18H24BrNO. The molecule has 0 spiro atoms. The molecular weight excluding hydrogens is 326 g/mol. The van der Waals surface area contributed by atoms with Gasteiger partial charge >= 0.3 is 0 Å². The molecule has 0 bridgehead atoms. The molecule has 3 heteroatoms. The number of hydrogen-bond acceptors (Lipinski definition) is 2.